The Bertz CT molecular complexity index is 1040. The number of pyridine rings is 1. The molecule has 0 fully saturated rings. The van der Waals surface area contributed by atoms with Crippen LogP contribution in [0.15, 0.2) is 78.9 Å². The lowest BCUT2D eigenvalue weighted by atomic mass is 9.98. The standard InChI is InChI=1S/C22H16ClNO/c1-25-22-13-16(11-12-19(22)23)21-14-18(15-7-3-2-4-8-15)17-9-5-6-10-20(17)24-21/h2-14H,1H3. The highest BCUT2D eigenvalue weighted by Crippen LogP contribution is 2.34. The smallest absolute Gasteiger partial charge is 0.138 e. The quantitative estimate of drug-likeness (QED) is 0.439. The van der Waals surface area contributed by atoms with Gasteiger partial charge < -0.3 is 4.74 Å². The topological polar surface area (TPSA) is 22.1 Å². The van der Waals surface area contributed by atoms with E-state index in [4.69, 9.17) is 21.3 Å². The molecule has 4 rings (SSSR count). The molecule has 0 aliphatic rings. The lowest BCUT2D eigenvalue weighted by Gasteiger charge is -2.11. The molecule has 3 aromatic carbocycles. The van der Waals surface area contributed by atoms with E-state index in [1.807, 2.05) is 42.5 Å². The van der Waals surface area contributed by atoms with Gasteiger partial charge in [-0.25, -0.2) is 4.98 Å². The van der Waals surface area contributed by atoms with Crippen LogP contribution in [-0.2, 0) is 0 Å². The highest BCUT2D eigenvalue weighted by atomic mass is 35.5. The van der Waals surface area contributed by atoms with E-state index in [0.29, 0.717) is 10.8 Å². The Morgan fingerprint density at radius 1 is 0.800 bits per heavy atom. The summed E-state index contributed by atoms with van der Waals surface area (Å²) in [5, 5.41) is 1.73. The second-order valence-electron chi connectivity index (χ2n) is 5.79. The number of para-hydroxylation sites is 1. The van der Waals surface area contributed by atoms with Crippen LogP contribution in [0.2, 0.25) is 5.02 Å². The van der Waals surface area contributed by atoms with Crippen molar-refractivity contribution in [1.82, 2.24) is 4.98 Å². The van der Waals surface area contributed by atoms with E-state index in [1.54, 1.807) is 7.11 Å². The van der Waals surface area contributed by atoms with Crippen LogP contribution in [0.4, 0.5) is 0 Å². The van der Waals surface area contributed by atoms with Gasteiger partial charge in [-0.3, -0.25) is 0 Å². The molecule has 1 aromatic heterocycles. The average Bonchev–Trinajstić information content (AvgIpc) is 2.68. The maximum atomic E-state index is 6.16. The van der Waals surface area contributed by atoms with Crippen molar-refractivity contribution in [3.05, 3.63) is 83.9 Å². The van der Waals surface area contributed by atoms with Crippen LogP contribution < -0.4 is 4.74 Å². The van der Waals surface area contributed by atoms with E-state index >= 15 is 0 Å². The summed E-state index contributed by atoms with van der Waals surface area (Å²) in [6.45, 7) is 0. The first-order valence-electron chi connectivity index (χ1n) is 8.05. The number of hydrogen-bond donors (Lipinski definition) is 0. The molecule has 0 amide bonds. The van der Waals surface area contributed by atoms with Gasteiger partial charge in [0.15, 0.2) is 0 Å². The summed E-state index contributed by atoms with van der Waals surface area (Å²) in [5.74, 6) is 0.649. The molecule has 0 atom stereocenters. The molecule has 1 heterocycles. The first-order chi connectivity index (χ1) is 12.3. The zero-order chi connectivity index (χ0) is 17.2. The van der Waals surface area contributed by atoms with Crippen LogP contribution in [0, 0.1) is 0 Å². The minimum absolute atomic E-state index is 0.593. The van der Waals surface area contributed by atoms with E-state index in [0.717, 1.165) is 27.7 Å². The Balaban J connectivity index is 1.97. The molecule has 0 aliphatic heterocycles. The average molecular weight is 346 g/mol. The van der Waals surface area contributed by atoms with Gasteiger partial charge in [0.25, 0.3) is 0 Å². The minimum Gasteiger partial charge on any atom is -0.495 e. The minimum atomic E-state index is 0.593. The van der Waals surface area contributed by atoms with Crippen LogP contribution in [0.1, 0.15) is 0 Å². The highest BCUT2D eigenvalue weighted by molar-refractivity contribution is 6.32. The monoisotopic (exact) mass is 345 g/mol. The molecule has 0 bridgehead atoms. The van der Waals surface area contributed by atoms with E-state index < -0.39 is 0 Å². The van der Waals surface area contributed by atoms with Crippen molar-refractivity contribution in [3.63, 3.8) is 0 Å². The van der Waals surface area contributed by atoms with Gasteiger partial charge in [-0.15, -0.1) is 0 Å². The molecule has 0 spiro atoms. The van der Waals surface area contributed by atoms with E-state index in [9.17, 15) is 0 Å². The van der Waals surface area contributed by atoms with Crippen LogP contribution in [0.25, 0.3) is 33.3 Å². The first kappa shape index (κ1) is 15.7. The molecule has 0 saturated heterocycles. The molecule has 4 aromatic rings. The molecular weight excluding hydrogens is 330 g/mol. The molecule has 0 aliphatic carbocycles. The van der Waals surface area contributed by atoms with Gasteiger partial charge in [0.2, 0.25) is 0 Å². The normalized spacial score (nSPS) is 10.8. The summed E-state index contributed by atoms with van der Waals surface area (Å²) in [5.41, 5.74) is 5.17. The van der Waals surface area contributed by atoms with Gasteiger partial charge in [0, 0.05) is 10.9 Å². The number of nitrogens with zero attached hydrogens (tertiary/aromatic N) is 1. The summed E-state index contributed by atoms with van der Waals surface area (Å²) < 4.78 is 5.35. The Kier molecular flexibility index (Phi) is 4.12. The fourth-order valence-corrected chi connectivity index (χ4v) is 3.19. The number of rotatable bonds is 3. The van der Waals surface area contributed by atoms with Crippen LogP contribution >= 0.6 is 11.6 Å². The summed E-state index contributed by atoms with van der Waals surface area (Å²) in [6, 6.07) is 26.4. The van der Waals surface area contributed by atoms with Crippen molar-refractivity contribution in [2.45, 2.75) is 0 Å². The van der Waals surface area contributed by atoms with Gasteiger partial charge in [0.1, 0.15) is 5.75 Å². The van der Waals surface area contributed by atoms with Crippen molar-refractivity contribution in [2.24, 2.45) is 0 Å². The summed E-state index contributed by atoms with van der Waals surface area (Å²) >= 11 is 6.16. The number of aromatic nitrogens is 1. The fourth-order valence-electron chi connectivity index (χ4n) is 3.00. The molecule has 0 N–H and O–H groups in total. The summed E-state index contributed by atoms with van der Waals surface area (Å²) in [6.07, 6.45) is 0. The van der Waals surface area contributed by atoms with Crippen LogP contribution in [0.5, 0.6) is 5.75 Å². The third kappa shape index (κ3) is 2.97. The molecule has 0 radical (unpaired) electrons. The molecule has 3 heteroatoms. The van der Waals surface area contributed by atoms with Crippen molar-refractivity contribution < 1.29 is 4.74 Å². The summed E-state index contributed by atoms with van der Waals surface area (Å²) in [4.78, 5) is 4.84. The van der Waals surface area contributed by atoms with Gasteiger partial charge >= 0.3 is 0 Å². The van der Waals surface area contributed by atoms with E-state index in [2.05, 4.69) is 36.4 Å². The highest BCUT2D eigenvalue weighted by Gasteiger charge is 2.11. The summed E-state index contributed by atoms with van der Waals surface area (Å²) in [7, 11) is 1.62. The third-order valence-corrected chi connectivity index (χ3v) is 4.56. The maximum Gasteiger partial charge on any atom is 0.138 e. The van der Waals surface area contributed by atoms with Crippen molar-refractivity contribution in [3.8, 4) is 28.1 Å². The number of halogens is 1. The SMILES string of the molecule is COc1cc(-c2cc(-c3ccccc3)c3ccccc3n2)ccc1Cl. The number of fused-ring (bicyclic) bond motifs is 1. The Hall–Kier alpha value is -2.84. The van der Waals surface area contributed by atoms with Crippen molar-refractivity contribution in [2.75, 3.05) is 7.11 Å². The second kappa shape index (κ2) is 6.58. The maximum absolute atomic E-state index is 6.16. The molecule has 2 nitrogen and oxygen atoms in total. The lowest BCUT2D eigenvalue weighted by molar-refractivity contribution is 0.415. The Labute approximate surface area is 151 Å². The van der Waals surface area contributed by atoms with Crippen LogP contribution in [0.3, 0.4) is 0 Å². The lowest BCUT2D eigenvalue weighted by Crippen LogP contribution is -1.91. The van der Waals surface area contributed by atoms with Crippen molar-refractivity contribution >= 4 is 22.5 Å². The number of ether oxygens (including phenoxy) is 1. The van der Waals surface area contributed by atoms with E-state index in [1.165, 1.54) is 5.56 Å². The second-order valence-corrected chi connectivity index (χ2v) is 6.19. The molecule has 122 valence electrons. The largest absolute Gasteiger partial charge is 0.495 e. The molecule has 0 saturated carbocycles. The molecule has 0 unspecified atom stereocenters. The number of hydrogen-bond acceptors (Lipinski definition) is 2. The number of methoxy groups -OCH3 is 1. The zero-order valence-corrected chi connectivity index (χ0v) is 14.5. The van der Waals surface area contributed by atoms with Gasteiger partial charge in [-0.2, -0.15) is 0 Å². The van der Waals surface area contributed by atoms with E-state index in [-0.39, 0.29) is 0 Å². The molecule has 25 heavy (non-hydrogen) atoms. The fraction of sp³-hybridized carbons (Fsp3) is 0.0455. The zero-order valence-electron chi connectivity index (χ0n) is 13.7. The number of benzene rings is 3. The van der Waals surface area contributed by atoms with Crippen molar-refractivity contribution in [1.29, 1.82) is 0 Å². The Morgan fingerprint density at radius 3 is 2.36 bits per heavy atom. The van der Waals surface area contributed by atoms with Crippen LogP contribution in [-0.4, -0.2) is 12.1 Å². The predicted molar refractivity (Wildman–Crippen MR) is 104 cm³/mol. The first-order valence-corrected chi connectivity index (χ1v) is 8.43. The predicted octanol–water partition coefficient (Wildman–Crippen LogP) is 6.23. The van der Waals surface area contributed by atoms with Gasteiger partial charge in [-0.1, -0.05) is 66.2 Å². The Morgan fingerprint density at radius 2 is 1.56 bits per heavy atom. The molecular formula is C22H16ClNO. The third-order valence-electron chi connectivity index (χ3n) is 4.25. The van der Waals surface area contributed by atoms with Gasteiger partial charge in [-0.05, 0) is 35.4 Å². The van der Waals surface area contributed by atoms with Gasteiger partial charge in [0.05, 0.1) is 23.3 Å².